The van der Waals surface area contributed by atoms with Crippen LogP contribution < -0.4 is 15.4 Å². The Morgan fingerprint density at radius 2 is 1.70 bits per heavy atom. The number of carbonyl (C=O) groups is 2. The van der Waals surface area contributed by atoms with Crippen LogP contribution in [0.3, 0.4) is 0 Å². The van der Waals surface area contributed by atoms with Crippen molar-refractivity contribution in [3.63, 3.8) is 0 Å². The lowest BCUT2D eigenvalue weighted by atomic mass is 10.1. The molecule has 3 aromatic rings. The fraction of sp³-hybridized carbons (Fsp3) is 0.167. The second-order valence-corrected chi connectivity index (χ2v) is 7.78. The van der Waals surface area contributed by atoms with Gasteiger partial charge in [0.2, 0.25) is 5.91 Å². The summed E-state index contributed by atoms with van der Waals surface area (Å²) < 4.78 is 5.17. The van der Waals surface area contributed by atoms with Crippen molar-refractivity contribution >= 4 is 35.0 Å². The number of aryl methyl sites for hydroxylation is 1. The molecule has 0 fully saturated rings. The summed E-state index contributed by atoms with van der Waals surface area (Å²) in [6.07, 6.45) is 0. The van der Waals surface area contributed by atoms with E-state index in [0.717, 1.165) is 21.7 Å². The van der Waals surface area contributed by atoms with Crippen molar-refractivity contribution in [1.29, 1.82) is 0 Å². The predicted octanol–water partition coefficient (Wildman–Crippen LogP) is 5.30. The van der Waals surface area contributed by atoms with Crippen LogP contribution in [0.1, 0.15) is 21.5 Å². The van der Waals surface area contributed by atoms with Gasteiger partial charge in [0.25, 0.3) is 5.91 Å². The molecular weight excluding hydrogens is 396 g/mol. The molecular formula is C24H24N2O3S. The fourth-order valence-electron chi connectivity index (χ4n) is 2.90. The maximum atomic E-state index is 12.9. The Morgan fingerprint density at radius 3 is 2.50 bits per heavy atom. The van der Waals surface area contributed by atoms with Gasteiger partial charge in [-0.25, -0.2) is 0 Å². The maximum absolute atomic E-state index is 12.9. The summed E-state index contributed by atoms with van der Waals surface area (Å²) >= 11 is 1.33. The molecule has 154 valence electrons. The molecule has 0 saturated carbocycles. The molecule has 5 nitrogen and oxygen atoms in total. The van der Waals surface area contributed by atoms with E-state index in [1.165, 1.54) is 11.8 Å². The van der Waals surface area contributed by atoms with Gasteiger partial charge in [0, 0.05) is 22.3 Å². The molecule has 2 N–H and O–H groups in total. The zero-order chi connectivity index (χ0) is 21.5. The number of anilines is 2. The third kappa shape index (κ3) is 5.42. The second-order valence-electron chi connectivity index (χ2n) is 6.77. The van der Waals surface area contributed by atoms with Crippen LogP contribution in [0.5, 0.6) is 5.75 Å². The summed E-state index contributed by atoms with van der Waals surface area (Å²) in [7, 11) is 1.58. The van der Waals surface area contributed by atoms with Crippen LogP contribution in [0.25, 0.3) is 0 Å². The quantitative estimate of drug-likeness (QED) is 0.509. The van der Waals surface area contributed by atoms with Gasteiger partial charge < -0.3 is 15.4 Å². The molecule has 0 saturated heterocycles. The van der Waals surface area contributed by atoms with E-state index in [-0.39, 0.29) is 17.6 Å². The van der Waals surface area contributed by atoms with Crippen LogP contribution in [0, 0.1) is 13.8 Å². The Kier molecular flexibility index (Phi) is 7.14. The summed E-state index contributed by atoms with van der Waals surface area (Å²) in [6.45, 7) is 3.99. The molecule has 0 aliphatic carbocycles. The highest BCUT2D eigenvalue weighted by Crippen LogP contribution is 2.25. The zero-order valence-corrected chi connectivity index (χ0v) is 18.0. The summed E-state index contributed by atoms with van der Waals surface area (Å²) in [5.41, 5.74) is 4.15. The number of hydrogen-bond donors (Lipinski definition) is 2. The van der Waals surface area contributed by atoms with Gasteiger partial charge in [-0.15, -0.1) is 11.8 Å². The minimum atomic E-state index is -0.194. The molecule has 0 aliphatic rings. The molecule has 0 heterocycles. The number of nitrogens with one attached hydrogen (secondary N) is 2. The van der Waals surface area contributed by atoms with E-state index in [4.69, 9.17) is 4.74 Å². The van der Waals surface area contributed by atoms with Gasteiger partial charge in [-0.1, -0.05) is 30.3 Å². The van der Waals surface area contributed by atoms with Crippen molar-refractivity contribution < 1.29 is 14.3 Å². The summed E-state index contributed by atoms with van der Waals surface area (Å²) in [5.74, 6) is 0.511. The standard InChI is InChI=1S/C24H24N2O3S/c1-16-8-6-12-21(17(16)2)26-24(28)20-11-4-5-13-22(20)30-15-23(27)25-18-9-7-10-19(14-18)29-3/h4-14H,15H2,1-3H3,(H,25,27)(H,26,28). The van der Waals surface area contributed by atoms with Crippen molar-refractivity contribution in [2.75, 3.05) is 23.5 Å². The van der Waals surface area contributed by atoms with E-state index in [0.29, 0.717) is 17.0 Å². The van der Waals surface area contributed by atoms with Crippen molar-refractivity contribution in [2.24, 2.45) is 0 Å². The number of benzene rings is 3. The van der Waals surface area contributed by atoms with Gasteiger partial charge in [-0.2, -0.15) is 0 Å². The summed E-state index contributed by atoms with van der Waals surface area (Å²) in [5, 5.41) is 5.83. The van der Waals surface area contributed by atoms with Crippen molar-refractivity contribution in [3.05, 3.63) is 83.4 Å². The van der Waals surface area contributed by atoms with Crippen LogP contribution in [0.4, 0.5) is 11.4 Å². The normalized spacial score (nSPS) is 10.4. The first kappa shape index (κ1) is 21.5. The minimum absolute atomic E-state index is 0.155. The highest BCUT2D eigenvalue weighted by molar-refractivity contribution is 8.00. The number of thioether (sulfide) groups is 1. The van der Waals surface area contributed by atoms with Crippen molar-refractivity contribution in [3.8, 4) is 5.75 Å². The van der Waals surface area contributed by atoms with Gasteiger partial charge in [-0.05, 0) is 55.3 Å². The lowest BCUT2D eigenvalue weighted by molar-refractivity contribution is -0.113. The van der Waals surface area contributed by atoms with E-state index in [2.05, 4.69) is 10.6 Å². The number of methoxy groups -OCH3 is 1. The largest absolute Gasteiger partial charge is 0.497 e. The van der Waals surface area contributed by atoms with Crippen molar-refractivity contribution in [1.82, 2.24) is 0 Å². The minimum Gasteiger partial charge on any atom is -0.497 e. The average Bonchev–Trinajstić information content (AvgIpc) is 2.75. The smallest absolute Gasteiger partial charge is 0.256 e. The molecule has 0 aromatic heterocycles. The van der Waals surface area contributed by atoms with E-state index < -0.39 is 0 Å². The van der Waals surface area contributed by atoms with Crippen LogP contribution in [-0.4, -0.2) is 24.7 Å². The second kappa shape index (κ2) is 9.98. The molecule has 0 bridgehead atoms. The Balaban J connectivity index is 1.66. The van der Waals surface area contributed by atoms with Crippen molar-refractivity contribution in [2.45, 2.75) is 18.7 Å². The molecule has 6 heteroatoms. The summed E-state index contributed by atoms with van der Waals surface area (Å²) in [4.78, 5) is 26.0. The average molecular weight is 421 g/mol. The Labute approximate surface area is 180 Å². The highest BCUT2D eigenvalue weighted by Gasteiger charge is 2.14. The molecule has 0 aliphatic heterocycles. The Morgan fingerprint density at radius 1 is 0.933 bits per heavy atom. The predicted molar refractivity (Wildman–Crippen MR) is 123 cm³/mol. The Hall–Kier alpha value is -3.25. The monoisotopic (exact) mass is 420 g/mol. The van der Waals surface area contributed by atoms with Gasteiger partial charge >= 0.3 is 0 Å². The SMILES string of the molecule is COc1cccc(NC(=O)CSc2ccccc2C(=O)Nc2cccc(C)c2C)c1. The first-order chi connectivity index (χ1) is 14.5. The van der Waals surface area contributed by atoms with Crippen LogP contribution in [0.15, 0.2) is 71.6 Å². The van der Waals surface area contributed by atoms with E-state index in [9.17, 15) is 9.59 Å². The topological polar surface area (TPSA) is 67.4 Å². The van der Waals surface area contributed by atoms with Crippen LogP contribution in [-0.2, 0) is 4.79 Å². The molecule has 2 amide bonds. The maximum Gasteiger partial charge on any atom is 0.256 e. The number of carbonyl (C=O) groups excluding carboxylic acids is 2. The fourth-order valence-corrected chi connectivity index (χ4v) is 3.75. The van der Waals surface area contributed by atoms with Gasteiger partial charge in [0.05, 0.1) is 18.4 Å². The molecule has 0 atom stereocenters. The Bertz CT molecular complexity index is 1070. The van der Waals surface area contributed by atoms with Gasteiger partial charge in [0.1, 0.15) is 5.75 Å². The number of amides is 2. The summed E-state index contributed by atoms with van der Waals surface area (Å²) in [6, 6.07) is 20.3. The van der Waals surface area contributed by atoms with E-state index in [1.807, 2.05) is 62.4 Å². The lowest BCUT2D eigenvalue weighted by Gasteiger charge is -2.13. The first-order valence-electron chi connectivity index (χ1n) is 9.51. The molecule has 3 rings (SSSR count). The zero-order valence-electron chi connectivity index (χ0n) is 17.2. The van der Waals surface area contributed by atoms with Gasteiger partial charge in [0.15, 0.2) is 0 Å². The third-order valence-electron chi connectivity index (χ3n) is 4.70. The molecule has 0 spiro atoms. The molecule has 0 radical (unpaired) electrons. The van der Waals surface area contributed by atoms with E-state index in [1.54, 1.807) is 25.3 Å². The highest BCUT2D eigenvalue weighted by atomic mass is 32.2. The van der Waals surface area contributed by atoms with E-state index >= 15 is 0 Å². The number of rotatable bonds is 7. The van der Waals surface area contributed by atoms with Crippen LogP contribution >= 0.6 is 11.8 Å². The molecule has 0 unspecified atom stereocenters. The molecule has 30 heavy (non-hydrogen) atoms. The van der Waals surface area contributed by atoms with Crippen LogP contribution in [0.2, 0.25) is 0 Å². The number of hydrogen-bond acceptors (Lipinski definition) is 4. The first-order valence-corrected chi connectivity index (χ1v) is 10.5. The van der Waals surface area contributed by atoms with Gasteiger partial charge in [-0.3, -0.25) is 9.59 Å². The third-order valence-corrected chi connectivity index (χ3v) is 5.77. The molecule has 3 aromatic carbocycles. The lowest BCUT2D eigenvalue weighted by Crippen LogP contribution is -2.16. The number of ether oxygens (including phenoxy) is 1.